The number of hydrogen-bond donors (Lipinski definition) is 3. The van der Waals surface area contributed by atoms with Gasteiger partial charge in [-0.05, 0) is 12.1 Å². The normalized spacial score (nSPS) is 12.6. The smallest absolute Gasteiger partial charge is 0.242 e. The van der Waals surface area contributed by atoms with Crippen molar-refractivity contribution in [2.75, 3.05) is 25.1 Å². The highest BCUT2D eigenvalue weighted by Crippen LogP contribution is 2.25. The van der Waals surface area contributed by atoms with Crippen molar-refractivity contribution in [2.24, 2.45) is 0 Å². The molecule has 11 heteroatoms. The zero-order valence-electron chi connectivity index (χ0n) is 10.4. The maximum Gasteiger partial charge on any atom is 0.242 e. The van der Waals surface area contributed by atoms with Crippen molar-refractivity contribution in [3.8, 4) is 0 Å². The van der Waals surface area contributed by atoms with Gasteiger partial charge >= 0.3 is 0 Å². The Labute approximate surface area is 121 Å². The van der Waals surface area contributed by atoms with Crippen LogP contribution in [-0.2, 0) is 20.0 Å². The van der Waals surface area contributed by atoms with Crippen LogP contribution in [0.3, 0.4) is 0 Å². The maximum absolute atomic E-state index is 13.1. The lowest BCUT2D eigenvalue weighted by atomic mass is 10.3. The van der Waals surface area contributed by atoms with Crippen LogP contribution in [-0.4, -0.2) is 36.2 Å². The van der Waals surface area contributed by atoms with E-state index in [2.05, 4.69) is 9.44 Å². The average molecular weight is 346 g/mol. The molecule has 1 aromatic rings. The van der Waals surface area contributed by atoms with Crippen LogP contribution in [0, 0.1) is 5.82 Å². The first kappa shape index (κ1) is 17.1. The van der Waals surface area contributed by atoms with Gasteiger partial charge in [0, 0.05) is 13.1 Å². The number of nitrogens with two attached hydrogens (primary N) is 1. The number of hydrogen-bond acceptors (Lipinski definition) is 5. The molecule has 0 radical (unpaired) electrons. The third kappa shape index (κ3) is 4.87. The first-order chi connectivity index (χ1) is 9.03. The summed E-state index contributed by atoms with van der Waals surface area (Å²) in [5.41, 5.74) is 4.92. The number of rotatable bonds is 6. The highest BCUT2D eigenvalue weighted by molar-refractivity contribution is 7.89. The number of nitrogen functional groups attached to an aromatic ring is 1. The SMILES string of the molecule is CS(=O)(=O)NCCNS(=O)(=O)c1cc(N)c(F)cc1Cl. The van der Waals surface area contributed by atoms with E-state index in [1.165, 1.54) is 0 Å². The number of halogens is 2. The minimum Gasteiger partial charge on any atom is -0.396 e. The lowest BCUT2D eigenvalue weighted by Crippen LogP contribution is -2.34. The van der Waals surface area contributed by atoms with Crippen LogP contribution in [0.5, 0.6) is 0 Å². The second-order valence-electron chi connectivity index (χ2n) is 3.87. The molecule has 20 heavy (non-hydrogen) atoms. The standard InChI is InChI=1S/C9H13ClFN3O4S2/c1-19(15,16)13-2-3-14-20(17,18)9-5-8(12)7(11)4-6(9)10/h4-5,13-14H,2-3,12H2,1H3. The average Bonchev–Trinajstić information content (AvgIpc) is 2.28. The number of anilines is 1. The van der Waals surface area contributed by atoms with E-state index in [4.69, 9.17) is 17.3 Å². The molecule has 0 saturated heterocycles. The predicted octanol–water partition coefficient (Wildman–Crippen LogP) is -0.111. The molecule has 0 spiro atoms. The van der Waals surface area contributed by atoms with E-state index < -0.39 is 25.9 Å². The van der Waals surface area contributed by atoms with E-state index in [-0.39, 0.29) is 28.7 Å². The summed E-state index contributed by atoms with van der Waals surface area (Å²) in [4.78, 5) is -0.377. The summed E-state index contributed by atoms with van der Waals surface area (Å²) < 4.78 is 62.7. The van der Waals surface area contributed by atoms with Crippen molar-refractivity contribution in [3.05, 3.63) is 23.0 Å². The monoisotopic (exact) mass is 345 g/mol. The molecule has 0 fully saturated rings. The van der Waals surface area contributed by atoms with Gasteiger partial charge in [0.2, 0.25) is 20.0 Å². The van der Waals surface area contributed by atoms with Crippen molar-refractivity contribution in [1.29, 1.82) is 0 Å². The van der Waals surface area contributed by atoms with Gasteiger partial charge in [0.15, 0.2) is 0 Å². The van der Waals surface area contributed by atoms with Crippen LogP contribution in [0.4, 0.5) is 10.1 Å². The van der Waals surface area contributed by atoms with Gasteiger partial charge in [-0.25, -0.2) is 30.7 Å². The number of sulfonamides is 2. The molecule has 0 heterocycles. The Morgan fingerprint density at radius 2 is 1.75 bits per heavy atom. The zero-order chi connectivity index (χ0) is 15.6. The lowest BCUT2D eigenvalue weighted by Gasteiger charge is -2.09. The first-order valence-corrected chi connectivity index (χ1v) is 8.97. The Morgan fingerprint density at radius 1 is 1.20 bits per heavy atom. The van der Waals surface area contributed by atoms with Gasteiger partial charge in [-0.3, -0.25) is 0 Å². The van der Waals surface area contributed by atoms with Gasteiger partial charge in [-0.15, -0.1) is 0 Å². The number of benzene rings is 1. The molecule has 0 bridgehead atoms. The highest BCUT2D eigenvalue weighted by Gasteiger charge is 2.19. The molecule has 0 aliphatic carbocycles. The van der Waals surface area contributed by atoms with E-state index >= 15 is 0 Å². The van der Waals surface area contributed by atoms with Crippen molar-refractivity contribution >= 4 is 37.3 Å². The Balaban J connectivity index is 2.82. The maximum atomic E-state index is 13.1. The van der Waals surface area contributed by atoms with Gasteiger partial charge in [-0.2, -0.15) is 0 Å². The molecule has 0 atom stereocenters. The van der Waals surface area contributed by atoms with E-state index in [1.807, 2.05) is 0 Å². The van der Waals surface area contributed by atoms with Crippen molar-refractivity contribution in [1.82, 2.24) is 9.44 Å². The van der Waals surface area contributed by atoms with E-state index in [0.29, 0.717) is 0 Å². The summed E-state index contributed by atoms with van der Waals surface area (Å²) in [5.74, 6) is -0.826. The highest BCUT2D eigenvalue weighted by atomic mass is 35.5. The van der Waals surface area contributed by atoms with Crippen LogP contribution >= 0.6 is 11.6 Å². The van der Waals surface area contributed by atoms with Crippen molar-refractivity contribution < 1.29 is 21.2 Å². The molecule has 0 aromatic heterocycles. The van der Waals surface area contributed by atoms with Crippen LogP contribution < -0.4 is 15.2 Å². The van der Waals surface area contributed by atoms with Gasteiger partial charge in [0.25, 0.3) is 0 Å². The topological polar surface area (TPSA) is 118 Å². The summed E-state index contributed by atoms with van der Waals surface area (Å²) in [7, 11) is -7.42. The molecule has 1 rings (SSSR count). The summed E-state index contributed by atoms with van der Waals surface area (Å²) in [6.45, 7) is -0.324. The lowest BCUT2D eigenvalue weighted by molar-refractivity contribution is 0.573. The van der Waals surface area contributed by atoms with Crippen molar-refractivity contribution in [2.45, 2.75) is 4.90 Å². The minimum absolute atomic E-state index is 0.133. The van der Waals surface area contributed by atoms with Crippen LogP contribution in [0.1, 0.15) is 0 Å². The molecule has 4 N–H and O–H groups in total. The Hall–Kier alpha value is -0.940. The van der Waals surface area contributed by atoms with Gasteiger partial charge in [-0.1, -0.05) is 11.6 Å². The second-order valence-corrected chi connectivity index (χ2v) is 7.84. The fourth-order valence-electron chi connectivity index (χ4n) is 1.25. The fourth-order valence-corrected chi connectivity index (χ4v) is 3.30. The van der Waals surface area contributed by atoms with Crippen LogP contribution in [0.25, 0.3) is 0 Å². The first-order valence-electron chi connectivity index (χ1n) is 5.22. The van der Waals surface area contributed by atoms with Crippen molar-refractivity contribution in [3.63, 3.8) is 0 Å². The zero-order valence-corrected chi connectivity index (χ0v) is 12.7. The molecule has 0 aliphatic heterocycles. The molecule has 0 aliphatic rings. The third-order valence-electron chi connectivity index (χ3n) is 2.12. The van der Waals surface area contributed by atoms with E-state index in [0.717, 1.165) is 18.4 Å². The summed E-state index contributed by atoms with van der Waals surface area (Å²) in [6, 6.07) is 1.68. The molecular formula is C9H13ClFN3O4S2. The fraction of sp³-hybridized carbons (Fsp3) is 0.333. The molecule has 1 aromatic carbocycles. The minimum atomic E-state index is -4.01. The second kappa shape index (κ2) is 6.22. The quantitative estimate of drug-likeness (QED) is 0.491. The Morgan fingerprint density at radius 3 is 2.30 bits per heavy atom. The molecule has 0 unspecified atom stereocenters. The van der Waals surface area contributed by atoms with Crippen LogP contribution in [0.15, 0.2) is 17.0 Å². The summed E-state index contributed by atoms with van der Waals surface area (Å²) in [6.07, 6.45) is 0.943. The largest absolute Gasteiger partial charge is 0.396 e. The van der Waals surface area contributed by atoms with Gasteiger partial charge in [0.1, 0.15) is 10.7 Å². The molecule has 114 valence electrons. The Bertz CT molecular complexity index is 706. The third-order valence-corrected chi connectivity index (χ3v) is 4.78. The molecular weight excluding hydrogens is 333 g/mol. The summed E-state index contributed by atoms with van der Waals surface area (Å²) in [5, 5.41) is -0.319. The molecule has 0 saturated carbocycles. The summed E-state index contributed by atoms with van der Waals surface area (Å²) >= 11 is 5.65. The van der Waals surface area contributed by atoms with Gasteiger partial charge in [0.05, 0.1) is 17.0 Å². The Kier molecular flexibility index (Phi) is 5.33. The van der Waals surface area contributed by atoms with Gasteiger partial charge < -0.3 is 5.73 Å². The molecule has 0 amide bonds. The molecule has 7 nitrogen and oxygen atoms in total. The van der Waals surface area contributed by atoms with E-state index in [9.17, 15) is 21.2 Å². The van der Waals surface area contributed by atoms with Crippen LogP contribution in [0.2, 0.25) is 5.02 Å². The predicted molar refractivity (Wildman–Crippen MR) is 73.9 cm³/mol. The van der Waals surface area contributed by atoms with E-state index in [1.54, 1.807) is 0 Å². The number of nitrogens with one attached hydrogen (secondary N) is 2.